The van der Waals surface area contributed by atoms with E-state index in [1.165, 1.54) is 12.1 Å². The Labute approximate surface area is 130 Å². The molecule has 1 aromatic carbocycles. The number of rotatable bonds is 6. The topological polar surface area (TPSA) is 49.4 Å². The molecule has 0 aliphatic carbocycles. The molecule has 0 radical (unpaired) electrons. The van der Waals surface area contributed by atoms with E-state index in [0.717, 1.165) is 37.8 Å². The SMILES string of the molecule is O=C(Cc1ccc(F)cc1)NCCCN1CCCCCC1=O. The second-order valence-corrected chi connectivity index (χ2v) is 5.70. The Morgan fingerprint density at radius 2 is 1.95 bits per heavy atom. The summed E-state index contributed by atoms with van der Waals surface area (Å²) < 4.78 is 12.8. The van der Waals surface area contributed by atoms with Gasteiger partial charge in [0.1, 0.15) is 5.82 Å². The van der Waals surface area contributed by atoms with Gasteiger partial charge in [-0.1, -0.05) is 18.6 Å². The number of hydrogen-bond donors (Lipinski definition) is 1. The van der Waals surface area contributed by atoms with Crippen molar-refractivity contribution in [3.63, 3.8) is 0 Å². The van der Waals surface area contributed by atoms with Crippen LogP contribution in [0.25, 0.3) is 0 Å². The minimum atomic E-state index is -0.300. The Morgan fingerprint density at radius 3 is 2.73 bits per heavy atom. The van der Waals surface area contributed by atoms with Crippen molar-refractivity contribution >= 4 is 11.8 Å². The number of likely N-dealkylation sites (tertiary alicyclic amines) is 1. The molecule has 1 saturated heterocycles. The minimum absolute atomic E-state index is 0.0752. The molecule has 1 heterocycles. The van der Waals surface area contributed by atoms with Gasteiger partial charge in [0, 0.05) is 26.1 Å². The van der Waals surface area contributed by atoms with Crippen LogP contribution in [0.4, 0.5) is 4.39 Å². The van der Waals surface area contributed by atoms with Crippen LogP contribution in [0.1, 0.15) is 37.7 Å². The summed E-state index contributed by atoms with van der Waals surface area (Å²) in [4.78, 5) is 25.5. The highest BCUT2D eigenvalue weighted by molar-refractivity contribution is 5.78. The van der Waals surface area contributed by atoms with Crippen LogP contribution in [0.15, 0.2) is 24.3 Å². The third-order valence-corrected chi connectivity index (χ3v) is 3.88. The predicted molar refractivity (Wildman–Crippen MR) is 82.8 cm³/mol. The van der Waals surface area contributed by atoms with Crippen molar-refractivity contribution in [3.8, 4) is 0 Å². The molecule has 1 aromatic rings. The highest BCUT2D eigenvalue weighted by Gasteiger charge is 2.15. The van der Waals surface area contributed by atoms with Gasteiger partial charge in [-0.2, -0.15) is 0 Å². The number of nitrogens with zero attached hydrogens (tertiary/aromatic N) is 1. The van der Waals surface area contributed by atoms with E-state index in [2.05, 4.69) is 5.32 Å². The maximum absolute atomic E-state index is 12.8. The zero-order valence-corrected chi connectivity index (χ0v) is 12.8. The summed E-state index contributed by atoms with van der Waals surface area (Å²) in [5, 5.41) is 2.85. The fourth-order valence-corrected chi connectivity index (χ4v) is 2.62. The molecule has 1 aliphatic heterocycles. The van der Waals surface area contributed by atoms with Gasteiger partial charge in [-0.3, -0.25) is 9.59 Å². The quantitative estimate of drug-likeness (QED) is 0.820. The molecule has 1 fully saturated rings. The van der Waals surface area contributed by atoms with Crippen LogP contribution in [0.3, 0.4) is 0 Å². The number of carbonyl (C=O) groups is 2. The molecular weight excluding hydrogens is 283 g/mol. The normalized spacial score (nSPS) is 15.5. The van der Waals surface area contributed by atoms with E-state index in [1.807, 2.05) is 4.90 Å². The Bertz CT molecular complexity index is 502. The lowest BCUT2D eigenvalue weighted by atomic mass is 10.1. The van der Waals surface area contributed by atoms with E-state index in [-0.39, 0.29) is 24.1 Å². The largest absolute Gasteiger partial charge is 0.356 e. The van der Waals surface area contributed by atoms with Crippen LogP contribution < -0.4 is 5.32 Å². The zero-order chi connectivity index (χ0) is 15.8. The summed E-state index contributed by atoms with van der Waals surface area (Å²) in [5.74, 6) is -0.143. The average Bonchev–Trinajstić information content (AvgIpc) is 2.71. The first kappa shape index (κ1) is 16.5. The number of hydrogen-bond acceptors (Lipinski definition) is 2. The van der Waals surface area contributed by atoms with Crippen molar-refractivity contribution in [2.45, 2.75) is 38.5 Å². The summed E-state index contributed by atoms with van der Waals surface area (Å²) >= 11 is 0. The van der Waals surface area contributed by atoms with E-state index in [0.29, 0.717) is 19.5 Å². The molecule has 120 valence electrons. The fraction of sp³-hybridized carbons (Fsp3) is 0.529. The maximum atomic E-state index is 12.8. The van der Waals surface area contributed by atoms with Crippen LogP contribution in [0.2, 0.25) is 0 Å². The van der Waals surface area contributed by atoms with Gasteiger partial charge in [-0.25, -0.2) is 4.39 Å². The standard InChI is InChI=1S/C17H23FN2O2/c18-15-8-6-14(7-9-15)13-16(21)19-10-4-12-20-11-3-1-2-5-17(20)22/h6-9H,1-5,10-13H2,(H,19,21). The summed E-state index contributed by atoms with van der Waals surface area (Å²) in [5.41, 5.74) is 0.793. The molecule has 0 saturated carbocycles. The first-order chi connectivity index (χ1) is 10.6. The molecule has 1 aliphatic rings. The number of carbonyl (C=O) groups excluding carboxylic acids is 2. The van der Waals surface area contributed by atoms with Crippen molar-refractivity contribution < 1.29 is 14.0 Å². The lowest BCUT2D eigenvalue weighted by Gasteiger charge is -2.20. The van der Waals surface area contributed by atoms with E-state index >= 15 is 0 Å². The van der Waals surface area contributed by atoms with Gasteiger partial charge in [-0.05, 0) is 37.0 Å². The third kappa shape index (κ3) is 5.47. The highest BCUT2D eigenvalue weighted by atomic mass is 19.1. The van der Waals surface area contributed by atoms with Gasteiger partial charge in [-0.15, -0.1) is 0 Å². The van der Waals surface area contributed by atoms with Gasteiger partial charge in [0.2, 0.25) is 11.8 Å². The molecule has 2 amide bonds. The van der Waals surface area contributed by atoms with Crippen LogP contribution in [-0.2, 0) is 16.0 Å². The maximum Gasteiger partial charge on any atom is 0.224 e. The van der Waals surface area contributed by atoms with Gasteiger partial charge in [0.15, 0.2) is 0 Å². The Balaban J connectivity index is 1.64. The molecule has 1 N–H and O–H groups in total. The molecule has 5 heteroatoms. The predicted octanol–water partition coefficient (Wildman–Crippen LogP) is 2.28. The second kappa shape index (κ2) is 8.51. The van der Waals surface area contributed by atoms with Gasteiger partial charge in [0.25, 0.3) is 0 Å². The van der Waals surface area contributed by atoms with Crippen molar-refractivity contribution in [2.24, 2.45) is 0 Å². The fourth-order valence-electron chi connectivity index (χ4n) is 2.62. The third-order valence-electron chi connectivity index (χ3n) is 3.88. The second-order valence-electron chi connectivity index (χ2n) is 5.70. The van der Waals surface area contributed by atoms with Crippen LogP contribution in [-0.4, -0.2) is 36.3 Å². The molecule has 22 heavy (non-hydrogen) atoms. The summed E-state index contributed by atoms with van der Waals surface area (Å²) in [6, 6.07) is 5.94. The smallest absolute Gasteiger partial charge is 0.224 e. The Hall–Kier alpha value is -1.91. The van der Waals surface area contributed by atoms with Crippen LogP contribution in [0, 0.1) is 5.82 Å². The Morgan fingerprint density at radius 1 is 1.18 bits per heavy atom. The highest BCUT2D eigenvalue weighted by Crippen LogP contribution is 2.11. The summed E-state index contributed by atoms with van der Waals surface area (Å²) in [6.07, 6.45) is 4.85. The molecule has 0 atom stereocenters. The van der Waals surface area contributed by atoms with Crippen molar-refractivity contribution in [3.05, 3.63) is 35.6 Å². The van der Waals surface area contributed by atoms with Crippen LogP contribution in [0.5, 0.6) is 0 Å². The van der Waals surface area contributed by atoms with Crippen molar-refractivity contribution in [1.82, 2.24) is 10.2 Å². The van der Waals surface area contributed by atoms with Crippen molar-refractivity contribution in [2.75, 3.05) is 19.6 Å². The molecule has 0 bridgehead atoms. The lowest BCUT2D eigenvalue weighted by molar-refractivity contribution is -0.130. The average molecular weight is 306 g/mol. The number of halogens is 1. The first-order valence-corrected chi connectivity index (χ1v) is 7.94. The summed E-state index contributed by atoms with van der Waals surface area (Å²) in [7, 11) is 0. The summed E-state index contributed by atoms with van der Waals surface area (Å²) in [6.45, 7) is 2.10. The molecule has 2 rings (SSSR count). The minimum Gasteiger partial charge on any atom is -0.356 e. The molecule has 4 nitrogen and oxygen atoms in total. The van der Waals surface area contributed by atoms with E-state index in [1.54, 1.807) is 12.1 Å². The first-order valence-electron chi connectivity index (χ1n) is 7.94. The lowest BCUT2D eigenvalue weighted by Crippen LogP contribution is -2.34. The van der Waals surface area contributed by atoms with Gasteiger partial charge < -0.3 is 10.2 Å². The number of nitrogens with one attached hydrogen (secondary N) is 1. The van der Waals surface area contributed by atoms with E-state index < -0.39 is 0 Å². The van der Waals surface area contributed by atoms with E-state index in [4.69, 9.17) is 0 Å². The number of amides is 2. The van der Waals surface area contributed by atoms with Crippen molar-refractivity contribution in [1.29, 1.82) is 0 Å². The van der Waals surface area contributed by atoms with Gasteiger partial charge in [0.05, 0.1) is 6.42 Å². The van der Waals surface area contributed by atoms with Gasteiger partial charge >= 0.3 is 0 Å². The molecular formula is C17H23FN2O2. The molecule has 0 unspecified atom stereocenters. The molecule has 0 spiro atoms. The van der Waals surface area contributed by atoms with E-state index in [9.17, 15) is 14.0 Å². The Kier molecular flexibility index (Phi) is 6.37. The zero-order valence-electron chi connectivity index (χ0n) is 12.8. The molecule has 0 aromatic heterocycles. The monoisotopic (exact) mass is 306 g/mol. The number of benzene rings is 1. The van der Waals surface area contributed by atoms with Crippen LogP contribution >= 0.6 is 0 Å².